The van der Waals surface area contributed by atoms with Crippen molar-refractivity contribution in [2.24, 2.45) is 0 Å². The molecule has 0 bridgehead atoms. The van der Waals surface area contributed by atoms with Crippen molar-refractivity contribution in [3.05, 3.63) is 59.7 Å². The molecule has 1 N–H and O–H groups in total. The van der Waals surface area contributed by atoms with Crippen LogP contribution in [0.2, 0.25) is 0 Å². The fraction of sp³-hybridized carbons (Fsp3) is 0.263. The predicted octanol–water partition coefficient (Wildman–Crippen LogP) is 2.43. The highest BCUT2D eigenvalue weighted by Gasteiger charge is 2.24. The molecule has 0 fully saturated rings. The highest BCUT2D eigenvalue weighted by Crippen LogP contribution is 2.32. The Morgan fingerprint density at radius 1 is 1.08 bits per heavy atom. The SMILES string of the molecule is COC(=O)[C@@H](Cc1ccc2c(c1)OCO2)NC(=O)OCc1ccccc1. The lowest BCUT2D eigenvalue weighted by atomic mass is 10.1. The normalized spacial score (nSPS) is 13.0. The number of hydrogen-bond acceptors (Lipinski definition) is 6. The van der Waals surface area contributed by atoms with Gasteiger partial charge in [0.15, 0.2) is 11.5 Å². The summed E-state index contributed by atoms with van der Waals surface area (Å²) in [5, 5.41) is 2.55. The number of ether oxygens (including phenoxy) is 4. The van der Waals surface area contributed by atoms with Gasteiger partial charge in [0.25, 0.3) is 0 Å². The first-order valence-corrected chi connectivity index (χ1v) is 8.09. The lowest BCUT2D eigenvalue weighted by Crippen LogP contribution is -2.43. The van der Waals surface area contributed by atoms with Crippen molar-refractivity contribution < 1.29 is 28.5 Å². The third-order valence-corrected chi connectivity index (χ3v) is 3.87. The second-order valence-electron chi connectivity index (χ2n) is 5.67. The predicted molar refractivity (Wildman–Crippen MR) is 91.8 cm³/mol. The smallest absolute Gasteiger partial charge is 0.408 e. The maximum atomic E-state index is 12.0. The monoisotopic (exact) mass is 357 g/mol. The van der Waals surface area contributed by atoms with Gasteiger partial charge in [0.05, 0.1) is 7.11 Å². The van der Waals surface area contributed by atoms with E-state index in [9.17, 15) is 9.59 Å². The minimum atomic E-state index is -0.872. The second kappa shape index (κ2) is 8.24. The van der Waals surface area contributed by atoms with E-state index in [-0.39, 0.29) is 19.8 Å². The van der Waals surface area contributed by atoms with Crippen LogP contribution < -0.4 is 14.8 Å². The van der Waals surface area contributed by atoms with Gasteiger partial charge in [0, 0.05) is 6.42 Å². The van der Waals surface area contributed by atoms with E-state index in [4.69, 9.17) is 18.9 Å². The van der Waals surface area contributed by atoms with Gasteiger partial charge < -0.3 is 24.3 Å². The molecule has 2 aromatic rings. The molecular weight excluding hydrogens is 338 g/mol. The molecule has 0 radical (unpaired) electrons. The Morgan fingerprint density at radius 3 is 2.62 bits per heavy atom. The van der Waals surface area contributed by atoms with Crippen LogP contribution in [0.4, 0.5) is 4.79 Å². The number of benzene rings is 2. The van der Waals surface area contributed by atoms with Gasteiger partial charge in [-0.1, -0.05) is 36.4 Å². The van der Waals surface area contributed by atoms with Crippen LogP contribution in [0.15, 0.2) is 48.5 Å². The summed E-state index contributed by atoms with van der Waals surface area (Å²) in [4.78, 5) is 24.1. The maximum absolute atomic E-state index is 12.0. The van der Waals surface area contributed by atoms with Gasteiger partial charge in [-0.25, -0.2) is 9.59 Å². The van der Waals surface area contributed by atoms with Gasteiger partial charge in [0.1, 0.15) is 12.6 Å². The molecule has 0 saturated heterocycles. The number of esters is 1. The van der Waals surface area contributed by atoms with E-state index in [1.807, 2.05) is 30.3 Å². The molecule has 1 aliphatic rings. The van der Waals surface area contributed by atoms with E-state index in [2.05, 4.69) is 5.32 Å². The Labute approximate surface area is 150 Å². The molecule has 26 heavy (non-hydrogen) atoms. The second-order valence-corrected chi connectivity index (χ2v) is 5.67. The number of alkyl carbamates (subject to hydrolysis) is 1. The van der Waals surface area contributed by atoms with Crippen LogP contribution in [0.5, 0.6) is 11.5 Å². The Balaban J connectivity index is 1.60. The van der Waals surface area contributed by atoms with Gasteiger partial charge in [-0.05, 0) is 23.3 Å². The average molecular weight is 357 g/mol. The number of rotatable bonds is 6. The van der Waals surface area contributed by atoms with Crippen LogP contribution in [0.1, 0.15) is 11.1 Å². The number of hydrogen-bond donors (Lipinski definition) is 1. The Kier molecular flexibility index (Phi) is 5.58. The number of methoxy groups -OCH3 is 1. The van der Waals surface area contributed by atoms with Gasteiger partial charge in [-0.3, -0.25) is 0 Å². The van der Waals surface area contributed by atoms with Crippen molar-refractivity contribution in [1.82, 2.24) is 5.32 Å². The zero-order valence-corrected chi connectivity index (χ0v) is 14.3. The van der Waals surface area contributed by atoms with E-state index >= 15 is 0 Å². The molecule has 7 heteroatoms. The lowest BCUT2D eigenvalue weighted by molar-refractivity contribution is -0.143. The molecule has 1 heterocycles. The highest BCUT2D eigenvalue weighted by atomic mass is 16.7. The lowest BCUT2D eigenvalue weighted by Gasteiger charge is -2.16. The summed E-state index contributed by atoms with van der Waals surface area (Å²) < 4.78 is 20.5. The molecule has 136 valence electrons. The Hall–Kier alpha value is -3.22. The fourth-order valence-corrected chi connectivity index (χ4v) is 2.55. The Morgan fingerprint density at radius 2 is 1.85 bits per heavy atom. The van der Waals surface area contributed by atoms with Gasteiger partial charge >= 0.3 is 12.1 Å². The summed E-state index contributed by atoms with van der Waals surface area (Å²) in [6.07, 6.45) is -0.450. The molecule has 3 rings (SSSR count). The minimum Gasteiger partial charge on any atom is -0.467 e. The zero-order valence-electron chi connectivity index (χ0n) is 14.3. The van der Waals surface area contributed by atoms with Crippen LogP contribution in [0, 0.1) is 0 Å². The van der Waals surface area contributed by atoms with E-state index in [1.165, 1.54) is 7.11 Å². The van der Waals surface area contributed by atoms with Crippen LogP contribution in [-0.2, 0) is 27.3 Å². The molecule has 0 spiro atoms. The van der Waals surface area contributed by atoms with Crippen LogP contribution in [-0.4, -0.2) is 32.0 Å². The van der Waals surface area contributed by atoms with Gasteiger partial charge in [-0.15, -0.1) is 0 Å². The summed E-state index contributed by atoms with van der Waals surface area (Å²) in [7, 11) is 1.27. The molecule has 1 atom stereocenters. The molecule has 0 saturated carbocycles. The molecule has 1 aliphatic heterocycles. The van der Waals surface area contributed by atoms with Crippen LogP contribution in [0.3, 0.4) is 0 Å². The third kappa shape index (κ3) is 4.44. The standard InChI is InChI=1S/C19H19NO6/c1-23-18(21)15(9-14-7-8-16-17(10-14)26-12-25-16)20-19(22)24-11-13-5-3-2-4-6-13/h2-8,10,15H,9,11-12H2,1H3,(H,20,22)/t15-/m1/s1. The quantitative estimate of drug-likeness (QED) is 0.800. The fourth-order valence-electron chi connectivity index (χ4n) is 2.55. The molecule has 0 aliphatic carbocycles. The number of carbonyl (C=O) groups excluding carboxylic acids is 2. The van der Waals surface area contributed by atoms with Crippen molar-refractivity contribution in [3.8, 4) is 11.5 Å². The first-order chi connectivity index (χ1) is 12.7. The number of fused-ring (bicyclic) bond motifs is 1. The summed E-state index contributed by atoms with van der Waals surface area (Å²) in [5.41, 5.74) is 1.65. The molecule has 0 aromatic heterocycles. The van der Waals surface area contributed by atoms with Gasteiger partial charge in [-0.2, -0.15) is 0 Å². The Bertz CT molecular complexity index is 777. The molecule has 2 aromatic carbocycles. The van der Waals surface area contributed by atoms with Crippen LogP contribution >= 0.6 is 0 Å². The summed E-state index contributed by atoms with van der Waals surface area (Å²) in [5.74, 6) is 0.704. The molecular formula is C19H19NO6. The third-order valence-electron chi connectivity index (χ3n) is 3.87. The van der Waals surface area contributed by atoms with Crippen molar-refractivity contribution in [3.63, 3.8) is 0 Å². The number of nitrogens with one attached hydrogen (secondary N) is 1. The molecule has 7 nitrogen and oxygen atoms in total. The molecule has 0 unspecified atom stereocenters. The number of carbonyl (C=O) groups is 2. The van der Waals surface area contributed by atoms with E-state index < -0.39 is 18.1 Å². The minimum absolute atomic E-state index is 0.116. The van der Waals surface area contributed by atoms with Crippen molar-refractivity contribution in [2.75, 3.05) is 13.9 Å². The topological polar surface area (TPSA) is 83.1 Å². The van der Waals surface area contributed by atoms with E-state index in [0.29, 0.717) is 11.5 Å². The van der Waals surface area contributed by atoms with Crippen molar-refractivity contribution in [2.45, 2.75) is 19.1 Å². The van der Waals surface area contributed by atoms with Crippen LogP contribution in [0.25, 0.3) is 0 Å². The largest absolute Gasteiger partial charge is 0.467 e. The molecule has 1 amide bonds. The summed E-state index contributed by atoms with van der Waals surface area (Å²) in [6, 6.07) is 13.7. The first kappa shape index (κ1) is 17.6. The van der Waals surface area contributed by atoms with E-state index in [1.54, 1.807) is 18.2 Å². The number of amides is 1. The summed E-state index contributed by atoms with van der Waals surface area (Å²) >= 11 is 0. The zero-order chi connectivity index (χ0) is 18.4. The van der Waals surface area contributed by atoms with E-state index in [0.717, 1.165) is 11.1 Å². The maximum Gasteiger partial charge on any atom is 0.408 e. The summed E-state index contributed by atoms with van der Waals surface area (Å²) in [6.45, 7) is 0.286. The highest BCUT2D eigenvalue weighted by molar-refractivity contribution is 5.81. The van der Waals surface area contributed by atoms with Crippen molar-refractivity contribution in [1.29, 1.82) is 0 Å². The van der Waals surface area contributed by atoms with Crippen molar-refractivity contribution >= 4 is 12.1 Å². The first-order valence-electron chi connectivity index (χ1n) is 8.09. The average Bonchev–Trinajstić information content (AvgIpc) is 3.14. The van der Waals surface area contributed by atoms with Gasteiger partial charge in [0.2, 0.25) is 6.79 Å².